The molecule has 0 rings (SSSR count). The number of rotatable bonds is 5. The second-order valence-corrected chi connectivity index (χ2v) is 2.50. The van der Waals surface area contributed by atoms with Crippen LogP contribution in [0.25, 0.3) is 0 Å². The molecule has 0 unspecified atom stereocenters. The molecule has 0 radical (unpaired) electrons. The topological polar surface area (TPSA) is 18.5 Å². The van der Waals surface area contributed by atoms with Crippen LogP contribution in [-0.4, -0.2) is 13.2 Å². The lowest BCUT2D eigenvalue weighted by molar-refractivity contribution is 0.118. The third-order valence-electron chi connectivity index (χ3n) is 1.56. The molecule has 2 heteroatoms. The van der Waals surface area contributed by atoms with Gasteiger partial charge in [0.25, 0.3) is 0 Å². The van der Waals surface area contributed by atoms with Gasteiger partial charge in [-0.1, -0.05) is 12.2 Å². The third kappa shape index (κ3) is 5.83. The molecule has 0 spiro atoms. The SMILES string of the molecule is CC=C(C)OCCOC(C)=CC. The van der Waals surface area contributed by atoms with Gasteiger partial charge in [0.15, 0.2) is 0 Å². The fourth-order valence-corrected chi connectivity index (χ4v) is 0.572. The van der Waals surface area contributed by atoms with Crippen LogP contribution in [0.15, 0.2) is 23.7 Å². The Hall–Kier alpha value is -0.920. The first kappa shape index (κ1) is 11.1. The Kier molecular flexibility index (Phi) is 6.25. The van der Waals surface area contributed by atoms with Crippen LogP contribution in [0.1, 0.15) is 27.7 Å². The molecule has 70 valence electrons. The average Bonchev–Trinajstić information content (AvgIpc) is 2.11. The third-order valence-corrected chi connectivity index (χ3v) is 1.56. The smallest absolute Gasteiger partial charge is 0.122 e. The summed E-state index contributed by atoms with van der Waals surface area (Å²) in [4.78, 5) is 0. The second kappa shape index (κ2) is 6.77. The van der Waals surface area contributed by atoms with Crippen LogP contribution in [0.2, 0.25) is 0 Å². The van der Waals surface area contributed by atoms with Gasteiger partial charge in [0, 0.05) is 0 Å². The maximum absolute atomic E-state index is 5.29. The van der Waals surface area contributed by atoms with Gasteiger partial charge in [-0.3, -0.25) is 0 Å². The number of ether oxygens (including phenoxy) is 2. The number of hydrogen-bond acceptors (Lipinski definition) is 2. The molecule has 0 aromatic rings. The van der Waals surface area contributed by atoms with E-state index < -0.39 is 0 Å². The predicted molar refractivity (Wildman–Crippen MR) is 50.8 cm³/mol. The predicted octanol–water partition coefficient (Wildman–Crippen LogP) is 2.87. The molecular weight excluding hydrogens is 152 g/mol. The van der Waals surface area contributed by atoms with Gasteiger partial charge in [-0.05, 0) is 27.7 Å². The van der Waals surface area contributed by atoms with Crippen molar-refractivity contribution in [2.45, 2.75) is 27.7 Å². The van der Waals surface area contributed by atoms with E-state index in [4.69, 9.17) is 9.47 Å². The Morgan fingerprint density at radius 1 is 0.917 bits per heavy atom. The van der Waals surface area contributed by atoms with Crippen molar-refractivity contribution in [2.75, 3.05) is 13.2 Å². The quantitative estimate of drug-likeness (QED) is 0.466. The highest BCUT2D eigenvalue weighted by molar-refractivity contribution is 4.85. The minimum Gasteiger partial charge on any atom is -0.495 e. The normalized spacial score (nSPS) is 13.0. The van der Waals surface area contributed by atoms with E-state index in [1.807, 2.05) is 39.8 Å². The summed E-state index contributed by atoms with van der Waals surface area (Å²) < 4.78 is 10.6. The fourth-order valence-electron chi connectivity index (χ4n) is 0.572. The molecule has 0 saturated carbocycles. The Morgan fingerprint density at radius 2 is 1.25 bits per heavy atom. The van der Waals surface area contributed by atoms with Crippen LogP contribution in [-0.2, 0) is 9.47 Å². The van der Waals surface area contributed by atoms with Crippen molar-refractivity contribution in [3.63, 3.8) is 0 Å². The standard InChI is InChI=1S/C10H18O2/c1-5-9(3)11-7-8-12-10(4)6-2/h5-6H,7-8H2,1-4H3. The second-order valence-electron chi connectivity index (χ2n) is 2.50. The molecule has 2 nitrogen and oxygen atoms in total. The summed E-state index contributed by atoms with van der Waals surface area (Å²) in [5.41, 5.74) is 0. The van der Waals surface area contributed by atoms with Crippen molar-refractivity contribution in [1.82, 2.24) is 0 Å². The van der Waals surface area contributed by atoms with Crippen molar-refractivity contribution in [1.29, 1.82) is 0 Å². The highest BCUT2D eigenvalue weighted by Gasteiger charge is 1.90. The molecule has 0 aliphatic heterocycles. The highest BCUT2D eigenvalue weighted by atomic mass is 16.5. The van der Waals surface area contributed by atoms with Crippen LogP contribution in [0, 0.1) is 0 Å². The van der Waals surface area contributed by atoms with E-state index in [0.717, 1.165) is 11.5 Å². The van der Waals surface area contributed by atoms with Gasteiger partial charge in [-0.15, -0.1) is 0 Å². The molecule has 0 aromatic heterocycles. The van der Waals surface area contributed by atoms with E-state index in [1.54, 1.807) is 0 Å². The van der Waals surface area contributed by atoms with E-state index in [0.29, 0.717) is 13.2 Å². The zero-order valence-electron chi connectivity index (χ0n) is 8.39. The van der Waals surface area contributed by atoms with Crippen LogP contribution >= 0.6 is 0 Å². The molecule has 0 bridgehead atoms. The summed E-state index contributed by atoms with van der Waals surface area (Å²) in [6.07, 6.45) is 3.87. The monoisotopic (exact) mass is 170 g/mol. The van der Waals surface area contributed by atoms with Gasteiger partial charge in [0.1, 0.15) is 13.2 Å². The summed E-state index contributed by atoms with van der Waals surface area (Å²) in [6, 6.07) is 0. The van der Waals surface area contributed by atoms with E-state index in [9.17, 15) is 0 Å². The Bertz CT molecular complexity index is 149. The van der Waals surface area contributed by atoms with E-state index in [-0.39, 0.29) is 0 Å². The molecule has 0 amide bonds. The first-order valence-electron chi connectivity index (χ1n) is 4.22. The van der Waals surface area contributed by atoms with Gasteiger partial charge in [-0.2, -0.15) is 0 Å². The van der Waals surface area contributed by atoms with E-state index in [1.165, 1.54) is 0 Å². The molecule has 0 atom stereocenters. The molecule has 0 aromatic carbocycles. The lowest BCUT2D eigenvalue weighted by atomic mass is 10.5. The maximum Gasteiger partial charge on any atom is 0.122 e. The van der Waals surface area contributed by atoms with Gasteiger partial charge in [0.05, 0.1) is 11.5 Å². The zero-order valence-corrected chi connectivity index (χ0v) is 8.39. The van der Waals surface area contributed by atoms with E-state index >= 15 is 0 Å². The molecule has 0 N–H and O–H groups in total. The molecule has 0 saturated heterocycles. The van der Waals surface area contributed by atoms with Crippen LogP contribution in [0.4, 0.5) is 0 Å². The Balaban J connectivity index is 3.34. The van der Waals surface area contributed by atoms with E-state index in [2.05, 4.69) is 0 Å². The summed E-state index contributed by atoms with van der Waals surface area (Å²) in [7, 11) is 0. The number of hydrogen-bond donors (Lipinski definition) is 0. The molecule has 12 heavy (non-hydrogen) atoms. The number of allylic oxidation sites excluding steroid dienone is 4. The maximum atomic E-state index is 5.29. The molecule has 0 aliphatic rings. The summed E-state index contributed by atoms with van der Waals surface area (Å²) in [6.45, 7) is 8.99. The summed E-state index contributed by atoms with van der Waals surface area (Å²) >= 11 is 0. The van der Waals surface area contributed by atoms with Crippen molar-refractivity contribution >= 4 is 0 Å². The van der Waals surface area contributed by atoms with Crippen LogP contribution in [0.3, 0.4) is 0 Å². The Labute approximate surface area is 74.9 Å². The average molecular weight is 170 g/mol. The zero-order chi connectivity index (χ0) is 9.40. The summed E-state index contributed by atoms with van der Waals surface area (Å²) in [5.74, 6) is 1.88. The lowest BCUT2D eigenvalue weighted by Gasteiger charge is -2.07. The van der Waals surface area contributed by atoms with Crippen molar-refractivity contribution in [2.24, 2.45) is 0 Å². The molecule has 0 aliphatic carbocycles. The lowest BCUT2D eigenvalue weighted by Crippen LogP contribution is -2.01. The van der Waals surface area contributed by atoms with Gasteiger partial charge >= 0.3 is 0 Å². The molecular formula is C10H18O2. The van der Waals surface area contributed by atoms with Crippen molar-refractivity contribution in [3.8, 4) is 0 Å². The molecule has 0 heterocycles. The van der Waals surface area contributed by atoms with Crippen LogP contribution < -0.4 is 0 Å². The molecule has 0 fully saturated rings. The van der Waals surface area contributed by atoms with Crippen molar-refractivity contribution < 1.29 is 9.47 Å². The highest BCUT2D eigenvalue weighted by Crippen LogP contribution is 1.97. The van der Waals surface area contributed by atoms with Crippen molar-refractivity contribution in [3.05, 3.63) is 23.7 Å². The summed E-state index contributed by atoms with van der Waals surface area (Å²) in [5, 5.41) is 0. The Morgan fingerprint density at radius 3 is 1.50 bits per heavy atom. The largest absolute Gasteiger partial charge is 0.495 e. The fraction of sp³-hybridized carbons (Fsp3) is 0.600. The first-order chi connectivity index (χ1) is 5.70. The van der Waals surface area contributed by atoms with Crippen LogP contribution in [0.5, 0.6) is 0 Å². The van der Waals surface area contributed by atoms with Gasteiger partial charge in [0.2, 0.25) is 0 Å². The van der Waals surface area contributed by atoms with Gasteiger partial charge in [-0.25, -0.2) is 0 Å². The first-order valence-corrected chi connectivity index (χ1v) is 4.22. The van der Waals surface area contributed by atoms with Gasteiger partial charge < -0.3 is 9.47 Å². The minimum atomic E-state index is 0.612. The minimum absolute atomic E-state index is 0.612.